The van der Waals surface area contributed by atoms with Crippen molar-refractivity contribution in [2.75, 3.05) is 13.7 Å². The molecule has 6 heteroatoms. The molecule has 1 aromatic heterocycles. The zero-order valence-electron chi connectivity index (χ0n) is 12.8. The van der Waals surface area contributed by atoms with Gasteiger partial charge in [-0.3, -0.25) is 5.10 Å². The fourth-order valence-electron chi connectivity index (χ4n) is 2.25. The third-order valence-electron chi connectivity index (χ3n) is 3.34. The summed E-state index contributed by atoms with van der Waals surface area (Å²) < 4.78 is 11.9. The fraction of sp³-hybridized carbons (Fsp3) is 0.176. The number of halogens is 1. The summed E-state index contributed by atoms with van der Waals surface area (Å²) in [5.74, 6) is 2.69. The van der Waals surface area contributed by atoms with Gasteiger partial charge in [-0.2, -0.15) is 5.10 Å². The van der Waals surface area contributed by atoms with Gasteiger partial charge in [0.05, 0.1) is 13.7 Å². The highest BCUT2D eigenvalue weighted by atomic mass is 79.9. The molecule has 0 aliphatic heterocycles. The molecule has 0 aliphatic rings. The van der Waals surface area contributed by atoms with Crippen molar-refractivity contribution in [1.29, 1.82) is 0 Å². The summed E-state index contributed by atoms with van der Waals surface area (Å²) in [7, 11) is 1.62. The largest absolute Gasteiger partial charge is 0.493 e. The van der Waals surface area contributed by atoms with Crippen LogP contribution in [0.3, 0.4) is 0 Å². The summed E-state index contributed by atoms with van der Waals surface area (Å²) in [6, 6.07) is 13.5. The van der Waals surface area contributed by atoms with Crippen molar-refractivity contribution in [3.8, 4) is 34.3 Å². The molecule has 1 heterocycles. The van der Waals surface area contributed by atoms with E-state index < -0.39 is 0 Å². The second-order valence-electron chi connectivity index (χ2n) is 4.79. The summed E-state index contributed by atoms with van der Waals surface area (Å²) in [6.07, 6.45) is 0. The Kier molecular flexibility index (Phi) is 4.62. The van der Waals surface area contributed by atoms with Gasteiger partial charge in [0.15, 0.2) is 23.1 Å². The molecule has 0 aliphatic carbocycles. The Morgan fingerprint density at radius 2 is 1.96 bits per heavy atom. The third kappa shape index (κ3) is 3.22. The maximum atomic E-state index is 5.53. The lowest BCUT2D eigenvalue weighted by molar-refractivity contribution is 0.311. The number of rotatable bonds is 5. The monoisotopic (exact) mass is 373 g/mol. The first kappa shape index (κ1) is 15.6. The van der Waals surface area contributed by atoms with E-state index in [4.69, 9.17) is 9.47 Å². The molecule has 0 spiro atoms. The average molecular weight is 374 g/mol. The maximum absolute atomic E-state index is 5.53. The SMILES string of the molecule is CCOc1ccc(-c2n[nH]c(-c3ccccc3Br)n2)cc1OC. The molecular weight excluding hydrogens is 358 g/mol. The van der Waals surface area contributed by atoms with E-state index in [-0.39, 0.29) is 0 Å². The number of methoxy groups -OCH3 is 1. The smallest absolute Gasteiger partial charge is 0.181 e. The van der Waals surface area contributed by atoms with Gasteiger partial charge in [0.2, 0.25) is 0 Å². The predicted molar refractivity (Wildman–Crippen MR) is 92.7 cm³/mol. The van der Waals surface area contributed by atoms with E-state index in [2.05, 4.69) is 31.1 Å². The van der Waals surface area contributed by atoms with Crippen LogP contribution in [0.25, 0.3) is 22.8 Å². The maximum Gasteiger partial charge on any atom is 0.181 e. The summed E-state index contributed by atoms with van der Waals surface area (Å²) in [5, 5.41) is 7.28. The highest BCUT2D eigenvalue weighted by molar-refractivity contribution is 9.10. The second kappa shape index (κ2) is 6.83. The minimum Gasteiger partial charge on any atom is -0.493 e. The van der Waals surface area contributed by atoms with E-state index in [1.807, 2.05) is 49.4 Å². The van der Waals surface area contributed by atoms with Crippen LogP contribution in [0.2, 0.25) is 0 Å². The molecule has 0 saturated heterocycles. The first-order valence-corrected chi connectivity index (χ1v) is 8.00. The van der Waals surface area contributed by atoms with Gasteiger partial charge >= 0.3 is 0 Å². The molecule has 2 aromatic carbocycles. The van der Waals surface area contributed by atoms with Gasteiger partial charge < -0.3 is 9.47 Å². The number of aromatic amines is 1. The molecule has 5 nitrogen and oxygen atoms in total. The zero-order chi connectivity index (χ0) is 16.2. The van der Waals surface area contributed by atoms with E-state index in [1.54, 1.807) is 7.11 Å². The van der Waals surface area contributed by atoms with E-state index in [9.17, 15) is 0 Å². The lowest BCUT2D eigenvalue weighted by atomic mass is 10.2. The van der Waals surface area contributed by atoms with Crippen molar-refractivity contribution in [2.24, 2.45) is 0 Å². The molecule has 0 fully saturated rings. The van der Waals surface area contributed by atoms with Crippen LogP contribution < -0.4 is 9.47 Å². The molecule has 0 atom stereocenters. The highest BCUT2D eigenvalue weighted by Gasteiger charge is 2.12. The van der Waals surface area contributed by atoms with Gasteiger partial charge in [-0.05, 0) is 31.2 Å². The fourth-order valence-corrected chi connectivity index (χ4v) is 2.72. The molecule has 0 amide bonds. The van der Waals surface area contributed by atoms with Crippen LogP contribution >= 0.6 is 15.9 Å². The topological polar surface area (TPSA) is 60.0 Å². The van der Waals surface area contributed by atoms with Gasteiger partial charge in [-0.25, -0.2) is 4.98 Å². The van der Waals surface area contributed by atoms with Crippen molar-refractivity contribution >= 4 is 15.9 Å². The number of H-pyrrole nitrogens is 1. The van der Waals surface area contributed by atoms with Crippen LogP contribution in [0.1, 0.15) is 6.92 Å². The number of aromatic nitrogens is 3. The summed E-state index contributed by atoms with van der Waals surface area (Å²) in [4.78, 5) is 4.57. The van der Waals surface area contributed by atoms with Gasteiger partial charge in [-0.1, -0.05) is 34.1 Å². The molecule has 0 radical (unpaired) electrons. The van der Waals surface area contributed by atoms with Crippen molar-refractivity contribution in [3.63, 3.8) is 0 Å². The standard InChI is InChI=1S/C17H16BrN3O2/c1-3-23-14-9-8-11(10-15(14)22-2)16-19-17(21-20-16)12-6-4-5-7-13(12)18/h4-10H,3H2,1-2H3,(H,19,20,21). The molecule has 0 bridgehead atoms. The minimum absolute atomic E-state index is 0.586. The van der Waals surface area contributed by atoms with Crippen molar-refractivity contribution in [1.82, 2.24) is 15.2 Å². The third-order valence-corrected chi connectivity index (χ3v) is 4.03. The normalized spacial score (nSPS) is 10.6. The van der Waals surface area contributed by atoms with Gasteiger partial charge in [0.25, 0.3) is 0 Å². The number of hydrogen-bond acceptors (Lipinski definition) is 4. The van der Waals surface area contributed by atoms with E-state index >= 15 is 0 Å². The lowest BCUT2D eigenvalue weighted by Crippen LogP contribution is -1.95. The van der Waals surface area contributed by atoms with Crippen molar-refractivity contribution in [2.45, 2.75) is 6.92 Å². The van der Waals surface area contributed by atoms with Crippen LogP contribution in [0.4, 0.5) is 0 Å². The Labute approximate surface area is 142 Å². The Hall–Kier alpha value is -2.34. The van der Waals surface area contributed by atoms with Crippen LogP contribution in [0.5, 0.6) is 11.5 Å². The van der Waals surface area contributed by atoms with Gasteiger partial charge in [0, 0.05) is 15.6 Å². The summed E-state index contributed by atoms with van der Waals surface area (Å²) in [6.45, 7) is 2.52. The predicted octanol–water partition coefficient (Wildman–Crippen LogP) is 4.31. The Bertz CT molecular complexity index is 817. The molecule has 3 rings (SSSR count). The van der Waals surface area contributed by atoms with Crippen molar-refractivity contribution in [3.05, 3.63) is 46.9 Å². The minimum atomic E-state index is 0.586. The molecule has 23 heavy (non-hydrogen) atoms. The number of nitrogens with zero attached hydrogens (tertiary/aromatic N) is 2. The second-order valence-corrected chi connectivity index (χ2v) is 5.64. The zero-order valence-corrected chi connectivity index (χ0v) is 14.4. The summed E-state index contributed by atoms with van der Waals surface area (Å²) >= 11 is 3.52. The van der Waals surface area contributed by atoms with Crippen LogP contribution in [0.15, 0.2) is 46.9 Å². The molecule has 118 valence electrons. The lowest BCUT2D eigenvalue weighted by Gasteiger charge is -2.09. The Morgan fingerprint density at radius 1 is 1.13 bits per heavy atom. The number of benzene rings is 2. The molecule has 1 N–H and O–H groups in total. The van der Waals surface area contributed by atoms with E-state index in [0.29, 0.717) is 29.8 Å². The molecular formula is C17H16BrN3O2. The van der Waals surface area contributed by atoms with Gasteiger partial charge in [-0.15, -0.1) is 0 Å². The van der Waals surface area contributed by atoms with E-state index in [0.717, 1.165) is 15.6 Å². The first-order valence-electron chi connectivity index (χ1n) is 7.21. The Balaban J connectivity index is 1.96. The summed E-state index contributed by atoms with van der Waals surface area (Å²) in [5.41, 5.74) is 1.82. The highest BCUT2D eigenvalue weighted by Crippen LogP contribution is 2.32. The number of nitrogens with one attached hydrogen (secondary N) is 1. The molecule has 0 saturated carbocycles. The van der Waals surface area contributed by atoms with Gasteiger partial charge in [0.1, 0.15) is 0 Å². The molecule has 0 unspecified atom stereocenters. The Morgan fingerprint density at radius 3 is 2.70 bits per heavy atom. The number of ether oxygens (including phenoxy) is 2. The quantitative estimate of drug-likeness (QED) is 0.723. The molecule has 3 aromatic rings. The van der Waals surface area contributed by atoms with Crippen LogP contribution in [-0.2, 0) is 0 Å². The average Bonchev–Trinajstić information content (AvgIpc) is 3.05. The van der Waals surface area contributed by atoms with E-state index in [1.165, 1.54) is 0 Å². The van der Waals surface area contributed by atoms with Crippen LogP contribution in [0, 0.1) is 0 Å². The van der Waals surface area contributed by atoms with Crippen molar-refractivity contribution < 1.29 is 9.47 Å². The first-order chi connectivity index (χ1) is 11.2. The van der Waals surface area contributed by atoms with Crippen LogP contribution in [-0.4, -0.2) is 28.9 Å². The number of hydrogen-bond donors (Lipinski definition) is 1.